The van der Waals surface area contributed by atoms with Crippen LogP contribution in [0.3, 0.4) is 0 Å². The topological polar surface area (TPSA) is 33.5 Å². The highest BCUT2D eigenvalue weighted by Gasteiger charge is 2.16. The fourth-order valence-electron chi connectivity index (χ4n) is 2.94. The van der Waals surface area contributed by atoms with Gasteiger partial charge in [-0.05, 0) is 55.1 Å². The van der Waals surface area contributed by atoms with E-state index >= 15 is 0 Å². The molecule has 1 aromatic heterocycles. The van der Waals surface area contributed by atoms with Crippen molar-refractivity contribution in [3.05, 3.63) is 59.0 Å². The Bertz CT molecular complexity index is 616. The minimum absolute atomic E-state index is 0.193. The third-order valence-corrected chi connectivity index (χ3v) is 4.19. The average Bonchev–Trinajstić information content (AvgIpc) is 3.16. The minimum atomic E-state index is 0.193. The van der Waals surface area contributed by atoms with Gasteiger partial charge in [0.1, 0.15) is 5.76 Å². The first-order valence-electron chi connectivity index (χ1n) is 7.66. The highest BCUT2D eigenvalue weighted by Crippen LogP contribution is 2.23. The van der Waals surface area contributed by atoms with Crippen molar-refractivity contribution in [1.82, 2.24) is 4.90 Å². The van der Waals surface area contributed by atoms with E-state index in [4.69, 9.17) is 4.42 Å². The Labute approximate surface area is 125 Å². The van der Waals surface area contributed by atoms with Crippen molar-refractivity contribution >= 4 is 5.78 Å². The Kier molecular flexibility index (Phi) is 4.20. The van der Waals surface area contributed by atoms with Crippen molar-refractivity contribution in [3.8, 4) is 0 Å². The van der Waals surface area contributed by atoms with Gasteiger partial charge < -0.3 is 4.42 Å². The second kappa shape index (κ2) is 6.27. The fourth-order valence-corrected chi connectivity index (χ4v) is 2.94. The maximum Gasteiger partial charge on any atom is 0.176 e. The van der Waals surface area contributed by atoms with Crippen molar-refractivity contribution < 1.29 is 9.21 Å². The van der Waals surface area contributed by atoms with E-state index in [2.05, 4.69) is 24.0 Å². The molecule has 0 saturated carbocycles. The smallest absolute Gasteiger partial charge is 0.176 e. The molecule has 1 aliphatic rings. The first-order valence-corrected chi connectivity index (χ1v) is 7.66. The summed E-state index contributed by atoms with van der Waals surface area (Å²) in [4.78, 5) is 14.6. The number of furan rings is 1. The second-order valence-electron chi connectivity index (χ2n) is 5.64. The third kappa shape index (κ3) is 3.24. The van der Waals surface area contributed by atoms with Gasteiger partial charge in [0.05, 0.1) is 19.4 Å². The zero-order valence-electron chi connectivity index (χ0n) is 12.5. The highest BCUT2D eigenvalue weighted by molar-refractivity contribution is 5.97. The Hall–Kier alpha value is -1.87. The number of fused-ring (bicyclic) bond motifs is 1. The van der Waals surface area contributed by atoms with E-state index in [1.165, 1.54) is 17.5 Å². The Morgan fingerprint density at radius 1 is 1.24 bits per heavy atom. The van der Waals surface area contributed by atoms with Gasteiger partial charge >= 0.3 is 0 Å². The van der Waals surface area contributed by atoms with Gasteiger partial charge in [-0.25, -0.2) is 0 Å². The zero-order valence-corrected chi connectivity index (χ0v) is 12.5. The summed E-state index contributed by atoms with van der Waals surface area (Å²) in [5.74, 6) is 1.09. The van der Waals surface area contributed by atoms with E-state index in [9.17, 15) is 4.79 Å². The molecule has 3 heteroatoms. The second-order valence-corrected chi connectivity index (χ2v) is 5.64. The normalized spacial score (nSPS) is 13.6. The summed E-state index contributed by atoms with van der Waals surface area (Å²) in [7, 11) is 0. The molecule has 1 aromatic carbocycles. The van der Waals surface area contributed by atoms with Crippen molar-refractivity contribution in [2.45, 2.75) is 32.7 Å². The molecule has 0 fully saturated rings. The lowest BCUT2D eigenvalue weighted by Crippen LogP contribution is -2.29. The van der Waals surface area contributed by atoms with Crippen molar-refractivity contribution in [1.29, 1.82) is 0 Å². The Morgan fingerprint density at radius 2 is 2.10 bits per heavy atom. The number of likely N-dealkylation sites (N-methyl/N-ethyl adjacent to an activating group) is 1. The third-order valence-electron chi connectivity index (χ3n) is 4.19. The molecule has 0 unspecified atom stereocenters. The summed E-state index contributed by atoms with van der Waals surface area (Å²) in [6.45, 7) is 4.02. The Balaban J connectivity index is 1.67. The number of benzene rings is 1. The summed E-state index contributed by atoms with van der Waals surface area (Å²) >= 11 is 0. The van der Waals surface area contributed by atoms with Crippen molar-refractivity contribution in [3.63, 3.8) is 0 Å². The monoisotopic (exact) mass is 283 g/mol. The Morgan fingerprint density at radius 3 is 2.86 bits per heavy atom. The number of carbonyl (C=O) groups excluding carboxylic acids is 1. The van der Waals surface area contributed by atoms with Crippen LogP contribution in [0.4, 0.5) is 0 Å². The van der Waals surface area contributed by atoms with E-state index in [0.29, 0.717) is 13.1 Å². The van der Waals surface area contributed by atoms with Gasteiger partial charge in [0.15, 0.2) is 5.78 Å². The van der Waals surface area contributed by atoms with Crippen LogP contribution in [0.5, 0.6) is 0 Å². The summed E-state index contributed by atoms with van der Waals surface area (Å²) < 4.78 is 5.36. The van der Waals surface area contributed by atoms with Crippen LogP contribution in [0.2, 0.25) is 0 Å². The van der Waals surface area contributed by atoms with Crippen molar-refractivity contribution in [2.75, 3.05) is 13.1 Å². The fraction of sp³-hybridized carbons (Fsp3) is 0.389. The first kappa shape index (κ1) is 14.1. The van der Waals surface area contributed by atoms with Gasteiger partial charge in [0.2, 0.25) is 0 Å². The number of Topliss-reactive ketones (excluding diaryl/α,β-unsaturated/α-hetero) is 1. The maximum absolute atomic E-state index is 12.5. The maximum atomic E-state index is 12.5. The van der Waals surface area contributed by atoms with Crippen LogP contribution in [0, 0.1) is 0 Å². The lowest BCUT2D eigenvalue weighted by atomic mass is 10.0. The van der Waals surface area contributed by atoms with E-state index in [-0.39, 0.29) is 5.78 Å². The van der Waals surface area contributed by atoms with E-state index in [1.54, 1.807) is 6.26 Å². The van der Waals surface area contributed by atoms with Crippen LogP contribution in [0.1, 0.15) is 40.6 Å². The molecule has 0 atom stereocenters. The SMILES string of the molecule is CCN(CC(=O)c1ccc2c(c1)CCC2)Cc1ccco1. The molecule has 1 aliphatic carbocycles. The van der Waals surface area contributed by atoms with Crippen LogP contribution in [0.15, 0.2) is 41.0 Å². The molecule has 0 N–H and O–H groups in total. The molecule has 0 saturated heterocycles. The van der Waals surface area contributed by atoms with Gasteiger partial charge in [-0.1, -0.05) is 19.1 Å². The molecule has 0 amide bonds. The molecule has 0 aliphatic heterocycles. The molecule has 2 aromatic rings. The lowest BCUT2D eigenvalue weighted by molar-refractivity contribution is 0.0925. The van der Waals surface area contributed by atoms with Crippen LogP contribution >= 0.6 is 0 Å². The van der Waals surface area contributed by atoms with Gasteiger partial charge in [0, 0.05) is 5.56 Å². The van der Waals surface area contributed by atoms with E-state index in [0.717, 1.165) is 30.7 Å². The first-order chi connectivity index (χ1) is 10.3. The zero-order chi connectivity index (χ0) is 14.7. The molecule has 110 valence electrons. The molecular formula is C18H21NO2. The van der Waals surface area contributed by atoms with Gasteiger partial charge in [-0.15, -0.1) is 0 Å². The molecule has 3 rings (SSSR count). The number of ketones is 1. The molecule has 21 heavy (non-hydrogen) atoms. The molecule has 0 radical (unpaired) electrons. The van der Waals surface area contributed by atoms with Gasteiger partial charge in [0.25, 0.3) is 0 Å². The number of carbonyl (C=O) groups is 1. The average molecular weight is 283 g/mol. The van der Waals surface area contributed by atoms with Gasteiger partial charge in [-0.2, -0.15) is 0 Å². The predicted octanol–water partition coefficient (Wildman–Crippen LogP) is 3.47. The molecule has 3 nitrogen and oxygen atoms in total. The number of hydrogen-bond acceptors (Lipinski definition) is 3. The predicted molar refractivity (Wildman–Crippen MR) is 82.5 cm³/mol. The minimum Gasteiger partial charge on any atom is -0.468 e. The van der Waals surface area contributed by atoms with E-state index in [1.807, 2.05) is 18.2 Å². The van der Waals surface area contributed by atoms with Gasteiger partial charge in [-0.3, -0.25) is 9.69 Å². The van der Waals surface area contributed by atoms with Crippen LogP contribution in [-0.4, -0.2) is 23.8 Å². The van der Waals surface area contributed by atoms with E-state index < -0.39 is 0 Å². The molecular weight excluding hydrogens is 262 g/mol. The molecule has 0 spiro atoms. The molecule has 0 bridgehead atoms. The quantitative estimate of drug-likeness (QED) is 0.761. The summed E-state index contributed by atoms with van der Waals surface area (Å²) in [5.41, 5.74) is 3.61. The highest BCUT2D eigenvalue weighted by atomic mass is 16.3. The van der Waals surface area contributed by atoms with Crippen LogP contribution in [-0.2, 0) is 19.4 Å². The lowest BCUT2D eigenvalue weighted by Gasteiger charge is -2.18. The number of nitrogens with zero attached hydrogens (tertiary/aromatic N) is 1. The standard InChI is InChI=1S/C18H21NO2/c1-2-19(12-17-7-4-10-21-17)13-18(20)16-9-8-14-5-3-6-15(14)11-16/h4,7-11H,2-3,5-6,12-13H2,1H3. The van der Waals surface area contributed by atoms with Crippen LogP contribution in [0.25, 0.3) is 0 Å². The molecule has 1 heterocycles. The number of aryl methyl sites for hydroxylation is 2. The summed E-state index contributed by atoms with van der Waals surface area (Å²) in [6.07, 6.45) is 5.15. The summed E-state index contributed by atoms with van der Waals surface area (Å²) in [5, 5.41) is 0. The van der Waals surface area contributed by atoms with Crippen molar-refractivity contribution in [2.24, 2.45) is 0 Å². The van der Waals surface area contributed by atoms with Crippen LogP contribution < -0.4 is 0 Å². The largest absolute Gasteiger partial charge is 0.468 e. The number of rotatable bonds is 6. The number of hydrogen-bond donors (Lipinski definition) is 0. The summed E-state index contributed by atoms with van der Waals surface area (Å²) in [6, 6.07) is 10.0.